The highest BCUT2D eigenvalue weighted by Gasteiger charge is 2.48. The maximum atomic E-state index is 10.9. The number of carbonyl (C=O) groups is 1. The van der Waals surface area contributed by atoms with Crippen molar-refractivity contribution in [2.24, 2.45) is 5.41 Å². The van der Waals surface area contributed by atoms with Gasteiger partial charge in [-0.1, -0.05) is 13.8 Å². The van der Waals surface area contributed by atoms with E-state index in [4.69, 9.17) is 9.84 Å². The largest absolute Gasteiger partial charge is 0.480 e. The van der Waals surface area contributed by atoms with Crippen molar-refractivity contribution in [3.8, 4) is 0 Å². The number of methoxy groups -OCH3 is 1. The monoisotopic (exact) mass is 217 g/mol. The fraction of sp³-hybridized carbons (Fsp3) is 0.900. The molecule has 1 saturated carbocycles. The Morgan fingerprint density at radius 2 is 2.27 bits per heavy atom. The molecule has 0 bridgehead atoms. The lowest BCUT2D eigenvalue weighted by Gasteiger charge is -2.50. The number of aliphatic hydroxyl groups excluding tert-OH is 1. The van der Waals surface area contributed by atoms with Crippen LogP contribution in [0.3, 0.4) is 0 Å². The first-order valence-electron chi connectivity index (χ1n) is 5.05. The second-order valence-electron chi connectivity index (χ2n) is 4.64. The van der Waals surface area contributed by atoms with Gasteiger partial charge in [0.05, 0.1) is 12.7 Å². The number of carboxylic acids is 1. The molecule has 1 fully saturated rings. The van der Waals surface area contributed by atoms with Crippen LogP contribution in [-0.2, 0) is 9.53 Å². The number of ether oxygens (including phenoxy) is 1. The first-order chi connectivity index (χ1) is 6.89. The summed E-state index contributed by atoms with van der Waals surface area (Å²) in [5.41, 5.74) is -0.262. The lowest BCUT2D eigenvalue weighted by Crippen LogP contribution is -2.63. The fourth-order valence-electron chi connectivity index (χ4n) is 1.79. The van der Waals surface area contributed by atoms with Gasteiger partial charge in [0.2, 0.25) is 0 Å². The Balaban J connectivity index is 2.50. The molecule has 0 aromatic carbocycles. The third-order valence-corrected chi connectivity index (χ3v) is 3.25. The van der Waals surface area contributed by atoms with Crippen LogP contribution in [0.2, 0.25) is 0 Å². The van der Waals surface area contributed by atoms with E-state index < -0.39 is 12.0 Å². The van der Waals surface area contributed by atoms with Gasteiger partial charge in [0.25, 0.3) is 0 Å². The van der Waals surface area contributed by atoms with E-state index >= 15 is 0 Å². The van der Waals surface area contributed by atoms with Gasteiger partial charge in [-0.25, -0.2) is 0 Å². The molecule has 3 atom stereocenters. The van der Waals surface area contributed by atoms with Crippen molar-refractivity contribution >= 4 is 5.97 Å². The Hall–Kier alpha value is -0.650. The molecule has 5 heteroatoms. The van der Waals surface area contributed by atoms with Gasteiger partial charge in [0, 0.05) is 18.6 Å². The number of aliphatic hydroxyl groups is 1. The minimum absolute atomic E-state index is 0.0312. The molecular weight excluding hydrogens is 198 g/mol. The van der Waals surface area contributed by atoms with E-state index in [1.165, 1.54) is 7.11 Å². The van der Waals surface area contributed by atoms with Crippen LogP contribution in [0, 0.1) is 5.41 Å². The molecule has 0 aromatic rings. The van der Waals surface area contributed by atoms with Crippen molar-refractivity contribution in [3.63, 3.8) is 0 Å². The Bertz CT molecular complexity index is 242. The summed E-state index contributed by atoms with van der Waals surface area (Å²) in [6.45, 7) is 3.98. The molecule has 15 heavy (non-hydrogen) atoms. The summed E-state index contributed by atoms with van der Waals surface area (Å²) in [6.07, 6.45) is 0.243. The van der Waals surface area contributed by atoms with E-state index in [1.54, 1.807) is 0 Å². The van der Waals surface area contributed by atoms with Crippen LogP contribution >= 0.6 is 0 Å². The fourth-order valence-corrected chi connectivity index (χ4v) is 1.79. The van der Waals surface area contributed by atoms with E-state index in [-0.39, 0.29) is 24.2 Å². The summed E-state index contributed by atoms with van der Waals surface area (Å²) in [4.78, 5) is 10.9. The molecule has 88 valence electrons. The van der Waals surface area contributed by atoms with Crippen LogP contribution in [0.25, 0.3) is 0 Å². The zero-order valence-electron chi connectivity index (χ0n) is 9.36. The molecule has 1 aliphatic rings. The minimum atomic E-state index is -0.922. The molecule has 0 aromatic heterocycles. The van der Waals surface area contributed by atoms with Crippen LogP contribution in [0.4, 0.5) is 0 Å². The Morgan fingerprint density at radius 3 is 2.60 bits per heavy atom. The van der Waals surface area contributed by atoms with Gasteiger partial charge in [0.1, 0.15) is 6.04 Å². The molecule has 3 N–H and O–H groups in total. The lowest BCUT2D eigenvalue weighted by molar-refractivity contribution is -0.143. The van der Waals surface area contributed by atoms with Gasteiger partial charge in [-0.15, -0.1) is 0 Å². The maximum absolute atomic E-state index is 10.9. The molecule has 1 rings (SSSR count). The van der Waals surface area contributed by atoms with Crippen molar-refractivity contribution in [1.82, 2.24) is 5.32 Å². The Labute approximate surface area is 89.4 Å². The highest BCUT2D eigenvalue weighted by Crippen LogP contribution is 2.40. The maximum Gasteiger partial charge on any atom is 0.323 e. The molecule has 0 amide bonds. The summed E-state index contributed by atoms with van der Waals surface area (Å²) in [5, 5.41) is 21.4. The predicted octanol–water partition coefficient (Wildman–Crippen LogP) is -0.165. The van der Waals surface area contributed by atoms with E-state index in [2.05, 4.69) is 5.32 Å². The van der Waals surface area contributed by atoms with Crippen LogP contribution < -0.4 is 5.32 Å². The zero-order valence-corrected chi connectivity index (χ0v) is 9.36. The molecule has 3 unspecified atom stereocenters. The Kier molecular flexibility index (Phi) is 3.70. The molecule has 1 aliphatic carbocycles. The second kappa shape index (κ2) is 4.47. The summed E-state index contributed by atoms with van der Waals surface area (Å²) < 4.78 is 4.82. The molecule has 0 heterocycles. The first kappa shape index (κ1) is 12.4. The van der Waals surface area contributed by atoms with E-state index in [0.717, 1.165) is 0 Å². The van der Waals surface area contributed by atoms with Crippen molar-refractivity contribution in [3.05, 3.63) is 0 Å². The molecule has 0 radical (unpaired) electrons. The van der Waals surface area contributed by atoms with E-state index in [9.17, 15) is 9.90 Å². The van der Waals surface area contributed by atoms with E-state index in [1.807, 2.05) is 13.8 Å². The van der Waals surface area contributed by atoms with Gasteiger partial charge >= 0.3 is 5.97 Å². The summed E-state index contributed by atoms with van der Waals surface area (Å²) in [6, 6.07) is -0.671. The van der Waals surface area contributed by atoms with Crippen molar-refractivity contribution in [2.45, 2.75) is 38.5 Å². The van der Waals surface area contributed by atoms with Crippen LogP contribution in [0.15, 0.2) is 0 Å². The van der Waals surface area contributed by atoms with Crippen LogP contribution in [0.5, 0.6) is 0 Å². The van der Waals surface area contributed by atoms with Crippen LogP contribution in [0.1, 0.15) is 20.3 Å². The second-order valence-corrected chi connectivity index (χ2v) is 4.64. The average Bonchev–Trinajstić information content (AvgIpc) is 2.15. The third kappa shape index (κ3) is 2.48. The van der Waals surface area contributed by atoms with Crippen molar-refractivity contribution < 1.29 is 19.7 Å². The minimum Gasteiger partial charge on any atom is -0.480 e. The topological polar surface area (TPSA) is 78.8 Å². The van der Waals surface area contributed by atoms with Crippen molar-refractivity contribution in [1.29, 1.82) is 0 Å². The van der Waals surface area contributed by atoms with Gasteiger partial charge < -0.3 is 14.9 Å². The van der Waals surface area contributed by atoms with Crippen molar-refractivity contribution in [2.75, 3.05) is 13.7 Å². The summed E-state index contributed by atoms with van der Waals surface area (Å²) in [7, 11) is 1.47. The quantitative estimate of drug-likeness (QED) is 0.596. The predicted molar refractivity (Wildman–Crippen MR) is 54.6 cm³/mol. The number of nitrogens with one attached hydrogen (secondary N) is 1. The molecular formula is C10H19NO4. The van der Waals surface area contributed by atoms with Gasteiger partial charge in [-0.2, -0.15) is 0 Å². The third-order valence-electron chi connectivity index (χ3n) is 3.25. The van der Waals surface area contributed by atoms with E-state index in [0.29, 0.717) is 6.42 Å². The number of hydrogen-bond acceptors (Lipinski definition) is 4. The number of rotatable bonds is 5. The van der Waals surface area contributed by atoms with Crippen LogP contribution in [-0.4, -0.2) is 48.1 Å². The average molecular weight is 217 g/mol. The zero-order chi connectivity index (χ0) is 11.6. The molecule has 5 nitrogen and oxygen atoms in total. The number of hydrogen-bond donors (Lipinski definition) is 3. The summed E-state index contributed by atoms with van der Waals surface area (Å²) in [5.74, 6) is -0.922. The number of aliphatic carboxylic acids is 1. The highest BCUT2D eigenvalue weighted by molar-refractivity contribution is 5.73. The lowest BCUT2D eigenvalue weighted by atomic mass is 9.64. The summed E-state index contributed by atoms with van der Waals surface area (Å²) >= 11 is 0. The molecule has 0 aliphatic heterocycles. The highest BCUT2D eigenvalue weighted by atomic mass is 16.5. The normalized spacial score (nSPS) is 30.7. The van der Waals surface area contributed by atoms with Gasteiger partial charge in [-0.05, 0) is 6.42 Å². The number of carboxylic acid groups (broad SMARTS) is 1. The first-order valence-corrected chi connectivity index (χ1v) is 5.05. The van der Waals surface area contributed by atoms with Gasteiger partial charge in [-0.3, -0.25) is 10.1 Å². The Morgan fingerprint density at radius 1 is 1.67 bits per heavy atom. The smallest absolute Gasteiger partial charge is 0.323 e. The standard InChI is InChI=1S/C10H19NO4/c1-10(2)7(4-8(10)12)11-6(5-15-3)9(13)14/h6-8,11-12H,4-5H2,1-3H3,(H,13,14). The molecule has 0 saturated heterocycles. The van der Waals surface area contributed by atoms with Gasteiger partial charge in [0.15, 0.2) is 0 Å². The molecule has 0 spiro atoms. The SMILES string of the molecule is COCC(NC1CC(O)C1(C)C)C(=O)O.